The first kappa shape index (κ1) is 24.4. The highest BCUT2D eigenvalue weighted by Gasteiger charge is 2.07. The Kier molecular flexibility index (Phi) is 18.5. The number of hydrogen-bond acceptors (Lipinski definition) is 4. The second kappa shape index (κ2) is 19.7. The lowest BCUT2D eigenvalue weighted by Gasteiger charge is -2.00. The van der Waals surface area contributed by atoms with Gasteiger partial charge in [-0.1, -0.05) is 65.2 Å². The summed E-state index contributed by atoms with van der Waals surface area (Å²) in [5, 5.41) is 0. The molecule has 0 N–H and O–H groups in total. The maximum absolute atomic E-state index is 11.5. The first-order chi connectivity index (χ1) is 12.7. The Morgan fingerprint density at radius 1 is 0.615 bits per heavy atom. The van der Waals surface area contributed by atoms with E-state index in [1.165, 1.54) is 63.9 Å². The van der Waals surface area contributed by atoms with Crippen LogP contribution in [0.1, 0.15) is 104 Å². The zero-order chi connectivity index (χ0) is 19.3. The predicted molar refractivity (Wildman–Crippen MR) is 106 cm³/mol. The Morgan fingerprint density at radius 3 is 1.38 bits per heavy atom. The van der Waals surface area contributed by atoms with Crippen LogP contribution in [0, 0.1) is 0 Å². The third-order valence-electron chi connectivity index (χ3n) is 4.07. The molecule has 0 atom stereocenters. The average Bonchev–Trinajstić information content (AvgIpc) is 2.64. The van der Waals surface area contributed by atoms with Crippen molar-refractivity contribution in [1.82, 2.24) is 0 Å². The van der Waals surface area contributed by atoms with E-state index in [0.717, 1.165) is 25.7 Å². The minimum absolute atomic E-state index is 0.0462. The van der Waals surface area contributed by atoms with Crippen LogP contribution in [0.2, 0.25) is 0 Å². The number of ether oxygens (including phenoxy) is 2. The molecule has 4 nitrogen and oxygen atoms in total. The van der Waals surface area contributed by atoms with E-state index in [4.69, 9.17) is 9.47 Å². The third-order valence-corrected chi connectivity index (χ3v) is 4.07. The molecule has 0 rings (SSSR count). The average molecular weight is 367 g/mol. The number of allylic oxidation sites excluding steroid dienone is 2. The summed E-state index contributed by atoms with van der Waals surface area (Å²) in [5.41, 5.74) is 0. The third kappa shape index (κ3) is 18.8. The lowest BCUT2D eigenvalue weighted by molar-refractivity contribution is -0.144. The molecule has 0 aliphatic rings. The quantitative estimate of drug-likeness (QED) is 0.165. The van der Waals surface area contributed by atoms with Gasteiger partial charge in [-0.25, -0.2) is 0 Å². The molecule has 0 saturated heterocycles. The lowest BCUT2D eigenvalue weighted by atomic mass is 10.1. The van der Waals surface area contributed by atoms with Crippen LogP contribution in [0.15, 0.2) is 24.7 Å². The number of esters is 2. The molecule has 4 heteroatoms. The summed E-state index contributed by atoms with van der Waals surface area (Å²) in [4.78, 5) is 23.0. The lowest BCUT2D eigenvalue weighted by Crippen LogP contribution is -2.06. The maximum Gasteiger partial charge on any atom is 0.311 e. The SMILES string of the molecule is CCCCCCC/C=C/OC(=O)CCC(=O)O/C=C/CCCCCCC. The molecule has 0 aromatic rings. The molecule has 0 amide bonds. The minimum atomic E-state index is -0.399. The van der Waals surface area contributed by atoms with Crippen molar-refractivity contribution in [3.05, 3.63) is 24.7 Å². The number of carbonyl (C=O) groups is 2. The van der Waals surface area contributed by atoms with Gasteiger partial charge in [-0.3, -0.25) is 9.59 Å². The topological polar surface area (TPSA) is 52.6 Å². The van der Waals surface area contributed by atoms with Crippen molar-refractivity contribution in [3.63, 3.8) is 0 Å². The van der Waals surface area contributed by atoms with Crippen LogP contribution in [-0.2, 0) is 19.1 Å². The number of carbonyl (C=O) groups excluding carboxylic acids is 2. The smallest absolute Gasteiger partial charge is 0.311 e. The zero-order valence-electron chi connectivity index (χ0n) is 16.8. The van der Waals surface area contributed by atoms with Gasteiger partial charge in [-0.2, -0.15) is 0 Å². The van der Waals surface area contributed by atoms with Crippen LogP contribution in [0.4, 0.5) is 0 Å². The summed E-state index contributed by atoms with van der Waals surface area (Å²) in [7, 11) is 0. The number of unbranched alkanes of at least 4 members (excludes halogenated alkanes) is 10. The monoisotopic (exact) mass is 366 g/mol. The second-order valence-electron chi connectivity index (χ2n) is 6.63. The molecular weight excluding hydrogens is 328 g/mol. The Balaban J connectivity index is 3.53. The molecule has 0 aromatic carbocycles. The van der Waals surface area contributed by atoms with Gasteiger partial charge in [0.15, 0.2) is 0 Å². The van der Waals surface area contributed by atoms with Gasteiger partial charge in [0.2, 0.25) is 0 Å². The fourth-order valence-corrected chi connectivity index (χ4v) is 2.44. The Bertz CT molecular complexity index is 361. The van der Waals surface area contributed by atoms with Crippen LogP contribution < -0.4 is 0 Å². The second-order valence-corrected chi connectivity index (χ2v) is 6.63. The molecule has 0 aliphatic heterocycles. The van der Waals surface area contributed by atoms with Gasteiger partial charge in [0.1, 0.15) is 0 Å². The normalized spacial score (nSPS) is 11.3. The summed E-state index contributed by atoms with van der Waals surface area (Å²) >= 11 is 0. The van der Waals surface area contributed by atoms with Gasteiger partial charge in [0.05, 0.1) is 25.4 Å². The van der Waals surface area contributed by atoms with Crippen LogP contribution in [0.25, 0.3) is 0 Å². The Labute approximate surface area is 160 Å². The van der Waals surface area contributed by atoms with Crippen LogP contribution in [-0.4, -0.2) is 11.9 Å². The van der Waals surface area contributed by atoms with Crippen molar-refractivity contribution in [2.24, 2.45) is 0 Å². The van der Waals surface area contributed by atoms with Gasteiger partial charge >= 0.3 is 11.9 Å². The van der Waals surface area contributed by atoms with E-state index in [9.17, 15) is 9.59 Å². The fraction of sp³-hybridized carbons (Fsp3) is 0.727. The highest BCUT2D eigenvalue weighted by molar-refractivity contribution is 5.78. The van der Waals surface area contributed by atoms with E-state index in [1.54, 1.807) is 0 Å². The molecule has 26 heavy (non-hydrogen) atoms. The summed E-state index contributed by atoms with van der Waals surface area (Å²) in [6.07, 6.45) is 20.8. The molecule has 0 fully saturated rings. The molecule has 0 aromatic heterocycles. The molecule has 150 valence electrons. The van der Waals surface area contributed by atoms with E-state index in [-0.39, 0.29) is 12.8 Å². The molecule has 0 aliphatic carbocycles. The molecule has 0 radical (unpaired) electrons. The molecule has 0 spiro atoms. The Hall–Kier alpha value is -1.58. The zero-order valence-corrected chi connectivity index (χ0v) is 16.8. The van der Waals surface area contributed by atoms with Crippen LogP contribution in [0.3, 0.4) is 0 Å². The van der Waals surface area contributed by atoms with Crippen LogP contribution >= 0.6 is 0 Å². The highest BCUT2D eigenvalue weighted by Crippen LogP contribution is 2.06. The van der Waals surface area contributed by atoms with E-state index >= 15 is 0 Å². The Morgan fingerprint density at radius 2 is 1.00 bits per heavy atom. The van der Waals surface area contributed by atoms with E-state index in [2.05, 4.69) is 13.8 Å². The number of hydrogen-bond donors (Lipinski definition) is 0. The molecule has 0 saturated carbocycles. The van der Waals surface area contributed by atoms with Gasteiger partial charge in [-0.15, -0.1) is 0 Å². The highest BCUT2D eigenvalue weighted by atomic mass is 16.5. The van der Waals surface area contributed by atoms with Crippen molar-refractivity contribution >= 4 is 11.9 Å². The standard InChI is InChI=1S/C22H38O4/c1-3-5-7-9-11-13-15-19-25-21(23)17-18-22(24)26-20-16-14-12-10-8-6-4-2/h15-16,19-20H,3-14,17-18H2,1-2H3/b19-15+,20-16+. The molecule has 0 unspecified atom stereocenters. The predicted octanol–water partition coefficient (Wildman–Crippen LogP) is 6.60. The van der Waals surface area contributed by atoms with E-state index in [0.29, 0.717) is 0 Å². The van der Waals surface area contributed by atoms with Gasteiger partial charge in [0, 0.05) is 0 Å². The van der Waals surface area contributed by atoms with Gasteiger partial charge < -0.3 is 9.47 Å². The summed E-state index contributed by atoms with van der Waals surface area (Å²) in [6, 6.07) is 0. The van der Waals surface area contributed by atoms with Crippen LogP contribution in [0.5, 0.6) is 0 Å². The molecule has 0 heterocycles. The van der Waals surface area contributed by atoms with Crippen molar-refractivity contribution in [2.45, 2.75) is 104 Å². The number of rotatable bonds is 17. The van der Waals surface area contributed by atoms with Crippen molar-refractivity contribution in [2.75, 3.05) is 0 Å². The van der Waals surface area contributed by atoms with Gasteiger partial charge in [-0.05, 0) is 37.8 Å². The maximum atomic E-state index is 11.5. The summed E-state index contributed by atoms with van der Waals surface area (Å²) in [6.45, 7) is 4.39. The van der Waals surface area contributed by atoms with E-state index in [1.807, 2.05) is 12.2 Å². The van der Waals surface area contributed by atoms with Crippen molar-refractivity contribution in [3.8, 4) is 0 Å². The first-order valence-corrected chi connectivity index (χ1v) is 10.4. The first-order valence-electron chi connectivity index (χ1n) is 10.4. The summed E-state index contributed by atoms with van der Waals surface area (Å²) in [5.74, 6) is -0.798. The molecular formula is C22H38O4. The van der Waals surface area contributed by atoms with E-state index < -0.39 is 11.9 Å². The minimum Gasteiger partial charge on any atom is -0.435 e. The van der Waals surface area contributed by atoms with Gasteiger partial charge in [0.25, 0.3) is 0 Å². The van der Waals surface area contributed by atoms with Crippen molar-refractivity contribution < 1.29 is 19.1 Å². The summed E-state index contributed by atoms with van der Waals surface area (Å²) < 4.78 is 9.93. The largest absolute Gasteiger partial charge is 0.435 e. The fourth-order valence-electron chi connectivity index (χ4n) is 2.44. The van der Waals surface area contributed by atoms with Crippen molar-refractivity contribution in [1.29, 1.82) is 0 Å². The molecule has 0 bridgehead atoms.